The van der Waals surface area contributed by atoms with Crippen molar-refractivity contribution in [2.45, 2.75) is 57.1 Å². The maximum absolute atomic E-state index is 13.3. The van der Waals surface area contributed by atoms with E-state index >= 15 is 0 Å². The second kappa shape index (κ2) is 19.3. The van der Waals surface area contributed by atoms with Crippen molar-refractivity contribution in [1.29, 1.82) is 0 Å². The van der Waals surface area contributed by atoms with Crippen molar-refractivity contribution in [1.82, 2.24) is 19.8 Å². The monoisotopic (exact) mass is 893 g/mol. The van der Waals surface area contributed by atoms with E-state index in [0.717, 1.165) is 42.5 Å². The fourth-order valence-corrected chi connectivity index (χ4v) is 4.94. The number of pyridine rings is 2. The van der Waals surface area contributed by atoms with E-state index in [1.807, 2.05) is 0 Å². The summed E-state index contributed by atoms with van der Waals surface area (Å²) in [6, 6.07) is 11.3. The van der Waals surface area contributed by atoms with Crippen molar-refractivity contribution in [2.24, 2.45) is 5.73 Å². The molecule has 25 heteroatoms. The van der Waals surface area contributed by atoms with Gasteiger partial charge in [0.15, 0.2) is 6.61 Å². The van der Waals surface area contributed by atoms with Crippen molar-refractivity contribution in [2.75, 3.05) is 6.61 Å². The molecular formula is C36H26F15N5O5. The normalized spacial score (nSPS) is 12.2. The Hall–Kier alpha value is -6.43. The molecule has 0 unspecified atom stereocenters. The van der Waals surface area contributed by atoms with Crippen molar-refractivity contribution in [3.05, 3.63) is 130 Å². The predicted molar refractivity (Wildman–Crippen MR) is 176 cm³/mol. The van der Waals surface area contributed by atoms with Gasteiger partial charge in [0.1, 0.15) is 0 Å². The largest absolute Gasteiger partial charge is 0.449 e. The molecule has 0 atom stereocenters. The molecule has 0 bridgehead atoms. The number of hydrogen-bond donors (Lipinski definition) is 1. The third-order valence-corrected chi connectivity index (χ3v) is 7.70. The molecule has 330 valence electrons. The Kier molecular flexibility index (Phi) is 15.5. The average Bonchev–Trinajstić information content (AvgIpc) is 3.15. The number of primary amides is 1. The first-order valence-corrected chi connectivity index (χ1v) is 16.4. The van der Waals surface area contributed by atoms with E-state index in [0.29, 0.717) is 40.4 Å². The van der Waals surface area contributed by atoms with Crippen LogP contribution in [0.25, 0.3) is 0 Å². The molecule has 2 N–H and O–H groups in total. The third kappa shape index (κ3) is 15.0. The number of rotatable bonds is 9. The van der Waals surface area contributed by atoms with E-state index in [1.165, 1.54) is 12.1 Å². The number of aromatic nitrogens is 2. The van der Waals surface area contributed by atoms with Gasteiger partial charge in [-0.15, -0.1) is 0 Å². The molecule has 0 saturated heterocycles. The summed E-state index contributed by atoms with van der Waals surface area (Å²) in [5.41, 5.74) is -0.633. The number of carbonyl (C=O) groups is 4. The van der Waals surface area contributed by atoms with Crippen LogP contribution in [0.4, 0.5) is 65.9 Å². The lowest BCUT2D eigenvalue weighted by atomic mass is 10.1. The molecule has 0 saturated carbocycles. The number of carbonyl (C=O) groups excluding carboxylic acids is 4. The van der Waals surface area contributed by atoms with Crippen molar-refractivity contribution in [3.63, 3.8) is 0 Å². The van der Waals surface area contributed by atoms with Crippen LogP contribution in [0.2, 0.25) is 0 Å². The highest BCUT2D eigenvalue weighted by atomic mass is 19.4. The predicted octanol–water partition coefficient (Wildman–Crippen LogP) is 7.89. The summed E-state index contributed by atoms with van der Waals surface area (Å²) in [6.45, 7) is -4.97. The smallest absolute Gasteiger partial charge is 0.422 e. The molecule has 2 aromatic heterocycles. The minimum absolute atomic E-state index is 0.0629. The van der Waals surface area contributed by atoms with E-state index in [4.69, 9.17) is 5.73 Å². The van der Waals surface area contributed by atoms with E-state index in [-0.39, 0.29) is 17.0 Å². The highest BCUT2D eigenvalue weighted by Crippen LogP contribution is 2.35. The number of ether oxygens (including phenoxy) is 1. The molecule has 3 amide bonds. The molecule has 0 aliphatic carbocycles. The molecule has 0 spiro atoms. The molecular weight excluding hydrogens is 867 g/mol. The summed E-state index contributed by atoms with van der Waals surface area (Å²) in [4.78, 5) is 55.4. The van der Waals surface area contributed by atoms with E-state index < -0.39 is 115 Å². The molecule has 4 aromatic rings. The Morgan fingerprint density at radius 2 is 0.885 bits per heavy atom. The molecule has 4 rings (SSSR count). The van der Waals surface area contributed by atoms with Crippen LogP contribution in [-0.2, 0) is 74.8 Å². The molecule has 61 heavy (non-hydrogen) atoms. The number of halogens is 15. The summed E-state index contributed by atoms with van der Waals surface area (Å²) < 4.78 is 196. The zero-order chi connectivity index (χ0) is 46.1. The van der Waals surface area contributed by atoms with Gasteiger partial charge in [0.05, 0.1) is 46.7 Å². The number of amides is 3. The second-order valence-electron chi connectivity index (χ2n) is 12.3. The first-order valence-electron chi connectivity index (χ1n) is 16.4. The lowest BCUT2D eigenvalue weighted by Gasteiger charge is -2.23. The lowest BCUT2D eigenvalue weighted by molar-refractivity contribution is -0.189. The Morgan fingerprint density at radius 3 is 1.20 bits per heavy atom. The van der Waals surface area contributed by atoms with Crippen LogP contribution in [0.3, 0.4) is 0 Å². The molecule has 0 radical (unpaired) electrons. The van der Waals surface area contributed by atoms with Crippen LogP contribution in [0.1, 0.15) is 44.8 Å². The Balaban J connectivity index is 0.000000330. The topological polar surface area (TPSA) is 136 Å². The van der Waals surface area contributed by atoms with Gasteiger partial charge >= 0.3 is 54.6 Å². The fraction of sp³-hybridized carbons (Fsp3) is 0.278. The lowest BCUT2D eigenvalue weighted by Crippen LogP contribution is -2.40. The third-order valence-electron chi connectivity index (χ3n) is 7.70. The zero-order valence-corrected chi connectivity index (χ0v) is 30.2. The van der Waals surface area contributed by atoms with E-state index in [9.17, 15) is 85.0 Å². The maximum Gasteiger partial charge on any atom is 0.422 e. The van der Waals surface area contributed by atoms with Crippen LogP contribution in [0.5, 0.6) is 0 Å². The molecule has 10 nitrogen and oxygen atoms in total. The van der Waals surface area contributed by atoms with Crippen LogP contribution >= 0.6 is 0 Å². The summed E-state index contributed by atoms with van der Waals surface area (Å²) in [7, 11) is 0. The zero-order valence-electron chi connectivity index (χ0n) is 30.2. The standard InChI is InChI=1S/C19H13F9N2O3.C17H13F6N3O2/c20-17(21,22)10-33-16(32)15(31)30(8-11-3-1-2-4-14(11)19(26,27)28)9-13-6-5-12(7-29-13)18(23,24)25;18-16(19,20)11-5-6-12(25-7-11)9-26(15(28)14(24)27)8-10-3-1-2-4-13(10)17(21,22)23/h1-7H,8-10H2;1-7H,8-9H2,(H2,24,27). The quantitative estimate of drug-likeness (QED) is 0.103. The summed E-state index contributed by atoms with van der Waals surface area (Å²) >= 11 is 0. The van der Waals surface area contributed by atoms with Crippen LogP contribution in [0, 0.1) is 0 Å². The van der Waals surface area contributed by atoms with Crippen molar-refractivity contribution in [3.8, 4) is 0 Å². The number of benzene rings is 2. The Bertz CT molecular complexity index is 2150. The van der Waals surface area contributed by atoms with Gasteiger partial charge in [-0.1, -0.05) is 36.4 Å². The minimum Gasteiger partial charge on any atom is -0.449 e. The second-order valence-corrected chi connectivity index (χ2v) is 12.3. The van der Waals surface area contributed by atoms with Gasteiger partial charge in [-0.3, -0.25) is 24.4 Å². The first-order chi connectivity index (χ1) is 28.0. The fourth-order valence-electron chi connectivity index (χ4n) is 4.94. The van der Waals surface area contributed by atoms with Crippen molar-refractivity contribution >= 4 is 23.7 Å². The summed E-state index contributed by atoms with van der Waals surface area (Å²) in [5, 5.41) is 0. The molecule has 2 heterocycles. The van der Waals surface area contributed by atoms with Gasteiger partial charge in [0.25, 0.3) is 0 Å². The number of nitrogens with two attached hydrogens (primary N) is 1. The maximum atomic E-state index is 13.3. The number of nitrogens with zero attached hydrogens (tertiary/aromatic N) is 4. The summed E-state index contributed by atoms with van der Waals surface area (Å²) in [6.07, 6.45) is -23.0. The van der Waals surface area contributed by atoms with Gasteiger partial charge in [0.2, 0.25) is 0 Å². The number of hydrogen-bond acceptors (Lipinski definition) is 7. The molecule has 0 fully saturated rings. The van der Waals surface area contributed by atoms with Gasteiger partial charge in [-0.2, -0.15) is 65.9 Å². The molecule has 0 aliphatic rings. The first kappa shape index (κ1) is 48.9. The molecule has 2 aromatic carbocycles. The Morgan fingerprint density at radius 1 is 0.508 bits per heavy atom. The van der Waals surface area contributed by atoms with Crippen LogP contribution in [-0.4, -0.2) is 56.2 Å². The van der Waals surface area contributed by atoms with Crippen LogP contribution < -0.4 is 5.73 Å². The van der Waals surface area contributed by atoms with Crippen molar-refractivity contribution < 1.29 is 89.8 Å². The van der Waals surface area contributed by atoms with Crippen LogP contribution in [0.15, 0.2) is 85.2 Å². The summed E-state index contributed by atoms with van der Waals surface area (Å²) in [5.74, 6) is -6.46. The average molecular weight is 894 g/mol. The van der Waals surface area contributed by atoms with Gasteiger partial charge < -0.3 is 20.3 Å². The highest BCUT2D eigenvalue weighted by Gasteiger charge is 2.38. The van der Waals surface area contributed by atoms with E-state index in [1.54, 1.807) is 0 Å². The number of alkyl halides is 15. The Labute approximate surface area is 332 Å². The highest BCUT2D eigenvalue weighted by molar-refractivity contribution is 6.34. The molecule has 0 aliphatic heterocycles. The van der Waals surface area contributed by atoms with Gasteiger partial charge in [0, 0.05) is 25.5 Å². The van der Waals surface area contributed by atoms with Gasteiger partial charge in [-0.25, -0.2) is 4.79 Å². The van der Waals surface area contributed by atoms with Gasteiger partial charge in [-0.05, 0) is 47.5 Å². The number of esters is 1. The van der Waals surface area contributed by atoms with E-state index in [2.05, 4.69) is 14.7 Å². The minimum atomic E-state index is -4.97. The SMILES string of the molecule is NC(=O)C(=O)N(Cc1ccc(C(F)(F)F)cn1)Cc1ccccc1C(F)(F)F.O=C(OCC(F)(F)F)C(=O)N(Cc1ccc(C(F)(F)F)cn1)Cc1ccccc1C(F)(F)F.